The van der Waals surface area contributed by atoms with Crippen LogP contribution in [0.3, 0.4) is 0 Å². The van der Waals surface area contributed by atoms with Crippen LogP contribution in [0.4, 0.5) is 5.69 Å². The third kappa shape index (κ3) is 3.70. The molecule has 0 radical (unpaired) electrons. The first kappa shape index (κ1) is 18.8. The highest BCUT2D eigenvalue weighted by Gasteiger charge is 2.37. The Hall–Kier alpha value is -2.58. The molecule has 1 atom stereocenters. The lowest BCUT2D eigenvalue weighted by molar-refractivity contribution is -0.120. The summed E-state index contributed by atoms with van der Waals surface area (Å²) in [6.07, 6.45) is 2.03. The molecule has 2 aromatic rings. The molecule has 1 saturated heterocycles. The monoisotopic (exact) mass is 402 g/mol. The van der Waals surface area contributed by atoms with E-state index in [-0.39, 0.29) is 10.8 Å². The maximum Gasteiger partial charge on any atom is 0.243 e. The second-order valence-corrected chi connectivity index (χ2v) is 8.68. The van der Waals surface area contributed by atoms with Gasteiger partial charge in [0.15, 0.2) is 11.5 Å². The Morgan fingerprint density at radius 3 is 2.54 bits per heavy atom. The van der Waals surface area contributed by atoms with E-state index in [4.69, 9.17) is 9.47 Å². The molecular formula is C20H22N2O5S. The molecule has 4 rings (SSSR count). The van der Waals surface area contributed by atoms with Crippen LogP contribution in [0.2, 0.25) is 0 Å². The summed E-state index contributed by atoms with van der Waals surface area (Å²) < 4.78 is 38.5. The molecule has 2 aromatic carbocycles. The van der Waals surface area contributed by atoms with Crippen LogP contribution in [0.25, 0.3) is 0 Å². The molecule has 1 fully saturated rings. The van der Waals surface area contributed by atoms with E-state index in [0.717, 1.165) is 12.8 Å². The van der Waals surface area contributed by atoms with E-state index in [1.54, 1.807) is 48.5 Å². The SMILES string of the molecule is O=C(Nc1ccc2c(c1)OCCO2)[C@H]1CCCCN1S(=O)(=O)c1ccccc1. The Kier molecular flexibility index (Phi) is 5.23. The predicted octanol–water partition coefficient (Wildman–Crippen LogP) is 2.64. The van der Waals surface area contributed by atoms with Gasteiger partial charge < -0.3 is 14.8 Å². The third-order valence-corrected chi connectivity index (χ3v) is 6.84. The van der Waals surface area contributed by atoms with E-state index >= 15 is 0 Å². The van der Waals surface area contributed by atoms with Crippen molar-refractivity contribution in [1.29, 1.82) is 0 Å². The summed E-state index contributed by atoms with van der Waals surface area (Å²) in [5, 5.41) is 2.83. The molecule has 0 bridgehead atoms. The standard InChI is InChI=1S/C20H22N2O5S/c23-20(21-15-9-10-18-19(14-15)27-13-12-26-18)17-8-4-5-11-22(17)28(24,25)16-6-2-1-3-7-16/h1-3,6-7,9-10,14,17H,4-5,8,11-13H2,(H,21,23)/t17-/m1/s1. The highest BCUT2D eigenvalue weighted by molar-refractivity contribution is 7.89. The van der Waals surface area contributed by atoms with E-state index in [9.17, 15) is 13.2 Å². The van der Waals surface area contributed by atoms with Crippen molar-refractivity contribution in [1.82, 2.24) is 4.31 Å². The average molecular weight is 402 g/mol. The summed E-state index contributed by atoms with van der Waals surface area (Å²) in [6, 6.07) is 12.7. The fraction of sp³-hybridized carbons (Fsp3) is 0.350. The van der Waals surface area contributed by atoms with Gasteiger partial charge in [-0.3, -0.25) is 4.79 Å². The van der Waals surface area contributed by atoms with Gasteiger partial charge in [0.05, 0.1) is 4.90 Å². The molecule has 1 amide bonds. The zero-order valence-corrected chi connectivity index (χ0v) is 16.2. The number of benzene rings is 2. The Morgan fingerprint density at radius 2 is 1.75 bits per heavy atom. The van der Waals surface area contributed by atoms with Crippen LogP contribution < -0.4 is 14.8 Å². The Labute approximate surface area is 164 Å². The van der Waals surface area contributed by atoms with Gasteiger partial charge in [0.1, 0.15) is 19.3 Å². The molecule has 7 nitrogen and oxygen atoms in total. The van der Waals surface area contributed by atoms with Crippen LogP contribution in [-0.2, 0) is 14.8 Å². The fourth-order valence-electron chi connectivity index (χ4n) is 3.53. The zero-order chi connectivity index (χ0) is 19.6. The lowest BCUT2D eigenvalue weighted by Crippen LogP contribution is -2.49. The molecule has 2 aliphatic heterocycles. The van der Waals surface area contributed by atoms with Gasteiger partial charge in [-0.2, -0.15) is 4.31 Å². The molecule has 1 N–H and O–H groups in total. The summed E-state index contributed by atoms with van der Waals surface area (Å²) in [5.41, 5.74) is 0.553. The molecule has 28 heavy (non-hydrogen) atoms. The van der Waals surface area contributed by atoms with E-state index < -0.39 is 16.1 Å². The maximum atomic E-state index is 13.1. The normalized spacial score (nSPS) is 19.8. The number of rotatable bonds is 4. The van der Waals surface area contributed by atoms with Crippen LogP contribution in [0.5, 0.6) is 11.5 Å². The minimum atomic E-state index is -3.74. The topological polar surface area (TPSA) is 84.9 Å². The Morgan fingerprint density at radius 1 is 1.00 bits per heavy atom. The van der Waals surface area contributed by atoms with Gasteiger partial charge in [-0.25, -0.2) is 8.42 Å². The number of fused-ring (bicyclic) bond motifs is 1. The number of carbonyl (C=O) groups excluding carboxylic acids is 1. The van der Waals surface area contributed by atoms with Crippen LogP contribution in [0.15, 0.2) is 53.4 Å². The third-order valence-electron chi connectivity index (χ3n) is 4.92. The first-order valence-corrected chi connectivity index (χ1v) is 10.8. The van der Waals surface area contributed by atoms with Gasteiger partial charge in [0.2, 0.25) is 15.9 Å². The van der Waals surface area contributed by atoms with Gasteiger partial charge in [0.25, 0.3) is 0 Å². The highest BCUT2D eigenvalue weighted by atomic mass is 32.2. The Balaban J connectivity index is 1.55. The molecule has 2 aliphatic rings. The molecule has 0 saturated carbocycles. The molecule has 148 valence electrons. The summed E-state index contributed by atoms with van der Waals surface area (Å²) in [6.45, 7) is 1.28. The van der Waals surface area contributed by atoms with Crippen molar-refractivity contribution in [2.45, 2.75) is 30.2 Å². The number of ether oxygens (including phenoxy) is 2. The molecular weight excluding hydrogens is 380 g/mol. The Bertz CT molecular complexity index is 962. The minimum Gasteiger partial charge on any atom is -0.486 e. The predicted molar refractivity (Wildman–Crippen MR) is 104 cm³/mol. The largest absolute Gasteiger partial charge is 0.486 e. The van der Waals surface area contributed by atoms with Crippen molar-refractivity contribution in [2.75, 3.05) is 25.1 Å². The first-order chi connectivity index (χ1) is 13.6. The minimum absolute atomic E-state index is 0.203. The second-order valence-electron chi connectivity index (χ2n) is 6.79. The summed E-state index contributed by atoms with van der Waals surface area (Å²) >= 11 is 0. The van der Waals surface area contributed by atoms with E-state index in [1.165, 1.54) is 4.31 Å². The van der Waals surface area contributed by atoms with E-state index in [1.807, 2.05) is 0 Å². The van der Waals surface area contributed by atoms with Gasteiger partial charge in [0, 0.05) is 18.3 Å². The van der Waals surface area contributed by atoms with Crippen LogP contribution in [-0.4, -0.2) is 44.4 Å². The van der Waals surface area contributed by atoms with Crippen LogP contribution >= 0.6 is 0 Å². The summed E-state index contributed by atoms with van der Waals surface area (Å²) in [7, 11) is -3.74. The molecule has 0 aliphatic carbocycles. The smallest absolute Gasteiger partial charge is 0.243 e. The summed E-state index contributed by atoms with van der Waals surface area (Å²) in [4.78, 5) is 13.1. The number of sulfonamides is 1. The molecule has 8 heteroatoms. The number of hydrogen-bond acceptors (Lipinski definition) is 5. The molecule has 2 heterocycles. The second kappa shape index (κ2) is 7.81. The van der Waals surface area contributed by atoms with E-state index in [2.05, 4.69) is 5.32 Å². The molecule has 0 aromatic heterocycles. The number of nitrogens with zero attached hydrogens (tertiary/aromatic N) is 1. The lowest BCUT2D eigenvalue weighted by atomic mass is 10.0. The van der Waals surface area contributed by atoms with E-state index in [0.29, 0.717) is 43.4 Å². The van der Waals surface area contributed by atoms with Gasteiger partial charge in [-0.15, -0.1) is 0 Å². The van der Waals surface area contributed by atoms with Crippen molar-refractivity contribution in [3.8, 4) is 11.5 Å². The first-order valence-electron chi connectivity index (χ1n) is 9.33. The van der Waals surface area contributed by atoms with Crippen molar-refractivity contribution >= 4 is 21.6 Å². The van der Waals surface area contributed by atoms with Crippen LogP contribution in [0.1, 0.15) is 19.3 Å². The molecule has 0 spiro atoms. The number of nitrogens with one attached hydrogen (secondary N) is 1. The zero-order valence-electron chi connectivity index (χ0n) is 15.3. The van der Waals surface area contributed by atoms with Crippen molar-refractivity contribution in [3.05, 3.63) is 48.5 Å². The highest BCUT2D eigenvalue weighted by Crippen LogP contribution is 2.33. The average Bonchev–Trinajstić information content (AvgIpc) is 2.74. The number of amides is 1. The molecule has 0 unspecified atom stereocenters. The van der Waals surface area contributed by atoms with Crippen molar-refractivity contribution < 1.29 is 22.7 Å². The maximum absolute atomic E-state index is 13.1. The lowest BCUT2D eigenvalue weighted by Gasteiger charge is -2.33. The van der Waals surface area contributed by atoms with Crippen molar-refractivity contribution in [2.24, 2.45) is 0 Å². The fourth-order valence-corrected chi connectivity index (χ4v) is 5.21. The number of hydrogen-bond donors (Lipinski definition) is 1. The van der Waals surface area contributed by atoms with Gasteiger partial charge in [-0.1, -0.05) is 24.6 Å². The quantitative estimate of drug-likeness (QED) is 0.850. The summed E-state index contributed by atoms with van der Waals surface area (Å²) in [5.74, 6) is 0.868. The number of anilines is 1. The van der Waals surface area contributed by atoms with Gasteiger partial charge >= 0.3 is 0 Å². The van der Waals surface area contributed by atoms with Crippen LogP contribution in [0, 0.1) is 0 Å². The number of carbonyl (C=O) groups is 1. The number of piperidine rings is 1. The van der Waals surface area contributed by atoms with Gasteiger partial charge in [-0.05, 0) is 37.1 Å². The van der Waals surface area contributed by atoms with Crippen molar-refractivity contribution in [3.63, 3.8) is 0 Å².